The summed E-state index contributed by atoms with van der Waals surface area (Å²) in [6.45, 7) is 0. The minimum absolute atomic E-state index is 0.0373. The van der Waals surface area contributed by atoms with Gasteiger partial charge in [0.1, 0.15) is 5.58 Å². The van der Waals surface area contributed by atoms with Crippen LogP contribution in [0.5, 0.6) is 5.75 Å². The fraction of sp³-hybridized carbons (Fsp3) is 0.111. The van der Waals surface area contributed by atoms with Crippen LogP contribution in [0.25, 0.3) is 21.6 Å². The molecule has 128 valence electrons. The molecular weight excluding hydrogens is 364 g/mol. The molecule has 0 atom stereocenters. The van der Waals surface area contributed by atoms with E-state index < -0.39 is 5.97 Å². The van der Waals surface area contributed by atoms with Crippen molar-refractivity contribution >= 4 is 39.9 Å². The van der Waals surface area contributed by atoms with Gasteiger partial charge in [0, 0.05) is 5.02 Å². The SMILES string of the molecule is COC(=O)C/C=C/Oc1c(-c2cccs2)oc2ccc(Cl)cc2c1=O. The van der Waals surface area contributed by atoms with E-state index in [2.05, 4.69) is 4.74 Å². The predicted octanol–water partition coefficient (Wildman–Crippen LogP) is 4.63. The van der Waals surface area contributed by atoms with Crippen molar-refractivity contribution < 1.29 is 18.7 Å². The Hall–Kier alpha value is -2.57. The molecule has 0 saturated heterocycles. The van der Waals surface area contributed by atoms with E-state index in [1.165, 1.54) is 36.9 Å². The molecule has 2 aromatic heterocycles. The Kier molecular flexibility index (Phi) is 5.21. The Labute approximate surface area is 152 Å². The number of methoxy groups -OCH3 is 1. The van der Waals surface area contributed by atoms with Gasteiger partial charge in [0.25, 0.3) is 0 Å². The van der Waals surface area contributed by atoms with Crippen molar-refractivity contribution in [3.05, 3.63) is 63.3 Å². The molecule has 5 nitrogen and oxygen atoms in total. The lowest BCUT2D eigenvalue weighted by Gasteiger charge is -2.08. The Balaban J connectivity index is 2.07. The second-order valence-corrected chi connectivity index (χ2v) is 6.36. The van der Waals surface area contributed by atoms with E-state index in [9.17, 15) is 9.59 Å². The quantitative estimate of drug-likeness (QED) is 0.479. The molecule has 0 aliphatic heterocycles. The number of rotatable bonds is 5. The van der Waals surface area contributed by atoms with E-state index in [0.29, 0.717) is 21.8 Å². The van der Waals surface area contributed by atoms with Gasteiger partial charge in [-0.25, -0.2) is 0 Å². The molecule has 1 aromatic carbocycles. The molecule has 0 aliphatic rings. The van der Waals surface area contributed by atoms with Crippen molar-refractivity contribution in [2.75, 3.05) is 7.11 Å². The highest BCUT2D eigenvalue weighted by atomic mass is 35.5. The number of halogens is 1. The summed E-state index contributed by atoms with van der Waals surface area (Å²) in [5.41, 5.74) is 0.0820. The van der Waals surface area contributed by atoms with Gasteiger partial charge in [-0.2, -0.15) is 0 Å². The third kappa shape index (κ3) is 3.75. The number of fused-ring (bicyclic) bond motifs is 1. The molecule has 3 aromatic rings. The van der Waals surface area contributed by atoms with Gasteiger partial charge in [0.2, 0.25) is 11.2 Å². The van der Waals surface area contributed by atoms with Crippen molar-refractivity contribution in [1.29, 1.82) is 0 Å². The maximum absolute atomic E-state index is 12.8. The molecule has 0 aliphatic carbocycles. The van der Waals surface area contributed by atoms with E-state index in [4.69, 9.17) is 20.8 Å². The van der Waals surface area contributed by atoms with Gasteiger partial charge in [-0.3, -0.25) is 9.59 Å². The van der Waals surface area contributed by atoms with Crippen LogP contribution in [0.1, 0.15) is 6.42 Å². The summed E-state index contributed by atoms with van der Waals surface area (Å²) in [6, 6.07) is 8.51. The number of carbonyl (C=O) groups excluding carboxylic acids is 1. The lowest BCUT2D eigenvalue weighted by Crippen LogP contribution is -2.07. The first-order valence-electron chi connectivity index (χ1n) is 7.29. The molecule has 3 rings (SSSR count). The molecule has 0 saturated carbocycles. The van der Waals surface area contributed by atoms with Crippen LogP contribution in [0.3, 0.4) is 0 Å². The van der Waals surface area contributed by atoms with Crippen molar-refractivity contribution in [2.45, 2.75) is 6.42 Å². The summed E-state index contributed by atoms with van der Waals surface area (Å²) in [7, 11) is 1.30. The van der Waals surface area contributed by atoms with Crippen molar-refractivity contribution in [1.82, 2.24) is 0 Å². The van der Waals surface area contributed by atoms with Crippen LogP contribution in [-0.2, 0) is 9.53 Å². The number of esters is 1. The van der Waals surface area contributed by atoms with Gasteiger partial charge < -0.3 is 13.9 Å². The largest absolute Gasteiger partial charge is 0.469 e. The molecule has 0 unspecified atom stereocenters. The van der Waals surface area contributed by atoms with Gasteiger partial charge in [0.05, 0.1) is 30.1 Å². The topological polar surface area (TPSA) is 65.7 Å². The summed E-state index contributed by atoms with van der Waals surface area (Å²) in [6.07, 6.45) is 2.78. The predicted molar refractivity (Wildman–Crippen MR) is 97.2 cm³/mol. The number of benzene rings is 1. The molecule has 0 amide bonds. The van der Waals surface area contributed by atoms with E-state index in [-0.39, 0.29) is 17.6 Å². The first-order valence-corrected chi connectivity index (χ1v) is 8.54. The molecular formula is C18H13ClO5S. The van der Waals surface area contributed by atoms with Crippen molar-refractivity contribution in [3.8, 4) is 16.4 Å². The van der Waals surface area contributed by atoms with Crippen molar-refractivity contribution in [2.24, 2.45) is 0 Å². The molecule has 0 bridgehead atoms. The van der Waals surface area contributed by atoms with Crippen LogP contribution in [0, 0.1) is 0 Å². The summed E-state index contributed by atoms with van der Waals surface area (Å²) in [5, 5.41) is 2.62. The van der Waals surface area contributed by atoms with E-state index in [1.54, 1.807) is 12.1 Å². The van der Waals surface area contributed by atoms with Crippen LogP contribution in [0.4, 0.5) is 0 Å². The van der Waals surface area contributed by atoms with Crippen LogP contribution < -0.4 is 10.2 Å². The van der Waals surface area contributed by atoms with Gasteiger partial charge in [0.15, 0.2) is 5.76 Å². The Morgan fingerprint density at radius 3 is 2.92 bits per heavy atom. The van der Waals surface area contributed by atoms with Crippen LogP contribution >= 0.6 is 22.9 Å². The minimum Gasteiger partial charge on any atom is -0.469 e. The number of ether oxygens (including phenoxy) is 2. The lowest BCUT2D eigenvalue weighted by molar-refractivity contribution is -0.139. The van der Waals surface area contributed by atoms with Crippen LogP contribution in [-0.4, -0.2) is 13.1 Å². The second kappa shape index (κ2) is 7.55. The smallest absolute Gasteiger partial charge is 0.309 e. The normalized spacial score (nSPS) is 11.1. The molecule has 0 N–H and O–H groups in total. The highest BCUT2D eigenvalue weighted by Gasteiger charge is 2.18. The van der Waals surface area contributed by atoms with Crippen LogP contribution in [0.2, 0.25) is 5.02 Å². The highest BCUT2D eigenvalue weighted by molar-refractivity contribution is 7.13. The molecule has 0 radical (unpaired) electrons. The number of thiophene rings is 1. The zero-order valence-electron chi connectivity index (χ0n) is 13.2. The number of carbonyl (C=O) groups is 1. The average molecular weight is 377 g/mol. The Morgan fingerprint density at radius 1 is 1.36 bits per heavy atom. The van der Waals surface area contributed by atoms with Gasteiger partial charge >= 0.3 is 5.97 Å². The fourth-order valence-electron chi connectivity index (χ4n) is 2.17. The second-order valence-electron chi connectivity index (χ2n) is 4.98. The standard InChI is InChI=1S/C18H13ClO5S/c1-22-15(20)5-2-8-23-18-16(21)12-10-11(19)6-7-13(12)24-17(18)14-4-3-9-25-14/h2-4,6-10H,5H2,1H3/b8-2+. The van der Waals surface area contributed by atoms with Gasteiger partial charge in [-0.15, -0.1) is 11.3 Å². The molecule has 0 spiro atoms. The lowest BCUT2D eigenvalue weighted by atomic mass is 10.2. The summed E-state index contributed by atoms with van der Waals surface area (Å²) >= 11 is 7.40. The number of hydrogen-bond acceptors (Lipinski definition) is 6. The Morgan fingerprint density at radius 2 is 2.20 bits per heavy atom. The zero-order valence-corrected chi connectivity index (χ0v) is 14.7. The molecule has 2 heterocycles. The summed E-state index contributed by atoms with van der Waals surface area (Å²) in [5.74, 6) is -0.0356. The average Bonchev–Trinajstić information content (AvgIpc) is 3.14. The first kappa shape index (κ1) is 17.3. The molecule has 7 heteroatoms. The number of hydrogen-bond donors (Lipinski definition) is 0. The zero-order chi connectivity index (χ0) is 17.8. The molecule has 0 fully saturated rings. The third-order valence-electron chi connectivity index (χ3n) is 3.35. The first-order chi connectivity index (χ1) is 12.1. The van der Waals surface area contributed by atoms with E-state index in [1.807, 2.05) is 17.5 Å². The summed E-state index contributed by atoms with van der Waals surface area (Å²) in [4.78, 5) is 24.7. The highest BCUT2D eigenvalue weighted by Crippen LogP contribution is 2.34. The van der Waals surface area contributed by atoms with E-state index in [0.717, 1.165) is 4.88 Å². The summed E-state index contributed by atoms with van der Waals surface area (Å²) < 4.78 is 15.9. The van der Waals surface area contributed by atoms with Crippen molar-refractivity contribution in [3.63, 3.8) is 0 Å². The van der Waals surface area contributed by atoms with Crippen LogP contribution in [0.15, 0.2) is 57.3 Å². The maximum Gasteiger partial charge on any atom is 0.309 e. The third-order valence-corrected chi connectivity index (χ3v) is 4.45. The fourth-order valence-corrected chi connectivity index (χ4v) is 3.05. The van der Waals surface area contributed by atoms with Gasteiger partial charge in [-0.05, 0) is 35.7 Å². The van der Waals surface area contributed by atoms with Gasteiger partial charge in [-0.1, -0.05) is 17.7 Å². The minimum atomic E-state index is -0.407. The monoisotopic (exact) mass is 376 g/mol. The maximum atomic E-state index is 12.8. The Bertz CT molecular complexity index is 989. The molecule has 25 heavy (non-hydrogen) atoms. The van der Waals surface area contributed by atoms with E-state index >= 15 is 0 Å².